The molecule has 6 nitrogen and oxygen atoms in total. The fourth-order valence-corrected chi connectivity index (χ4v) is 6.75. The van der Waals surface area contributed by atoms with Gasteiger partial charge in [-0.1, -0.05) is 53.5 Å². The van der Waals surface area contributed by atoms with E-state index in [-0.39, 0.29) is 47.8 Å². The molecule has 10 heteroatoms. The third-order valence-electron chi connectivity index (χ3n) is 6.87. The van der Waals surface area contributed by atoms with Gasteiger partial charge in [-0.25, -0.2) is 12.8 Å². The molecule has 1 amide bonds. The molecule has 3 aromatic rings. The molecule has 202 valence electrons. The molecule has 4 rings (SSSR count). The van der Waals surface area contributed by atoms with Gasteiger partial charge in [0.15, 0.2) is 0 Å². The van der Waals surface area contributed by atoms with Crippen LogP contribution < -0.4 is 4.74 Å². The van der Waals surface area contributed by atoms with E-state index in [1.807, 2.05) is 30.3 Å². The van der Waals surface area contributed by atoms with E-state index in [0.717, 1.165) is 5.56 Å². The summed E-state index contributed by atoms with van der Waals surface area (Å²) in [6, 6.07) is 19.7. The van der Waals surface area contributed by atoms with Crippen LogP contribution in [0.5, 0.6) is 5.75 Å². The highest BCUT2D eigenvalue weighted by Crippen LogP contribution is 2.39. The Morgan fingerprint density at radius 1 is 1.03 bits per heavy atom. The molecule has 0 bridgehead atoms. The van der Waals surface area contributed by atoms with E-state index >= 15 is 0 Å². The van der Waals surface area contributed by atoms with E-state index in [1.54, 1.807) is 11.9 Å². The summed E-state index contributed by atoms with van der Waals surface area (Å²) in [6.07, 6.45) is 1.00. The van der Waals surface area contributed by atoms with Crippen LogP contribution in [-0.4, -0.2) is 50.3 Å². The van der Waals surface area contributed by atoms with E-state index in [9.17, 15) is 17.6 Å². The zero-order valence-corrected chi connectivity index (χ0v) is 23.3. The molecular weight excluding hydrogens is 550 g/mol. The quantitative estimate of drug-likeness (QED) is 0.311. The summed E-state index contributed by atoms with van der Waals surface area (Å²) in [6.45, 7) is 1.05. The van der Waals surface area contributed by atoms with Crippen molar-refractivity contribution < 1.29 is 22.3 Å². The van der Waals surface area contributed by atoms with Crippen molar-refractivity contribution in [3.63, 3.8) is 0 Å². The van der Waals surface area contributed by atoms with Crippen molar-refractivity contribution in [2.45, 2.75) is 30.7 Å². The van der Waals surface area contributed by atoms with Gasteiger partial charge in [-0.2, -0.15) is 4.31 Å². The molecule has 1 aliphatic heterocycles. The highest BCUT2D eigenvalue weighted by atomic mass is 35.5. The second kappa shape index (κ2) is 12.0. The summed E-state index contributed by atoms with van der Waals surface area (Å²) in [7, 11) is -2.10. The van der Waals surface area contributed by atoms with Gasteiger partial charge in [-0.15, -0.1) is 0 Å². The van der Waals surface area contributed by atoms with E-state index in [1.165, 1.54) is 46.8 Å². The van der Waals surface area contributed by atoms with Gasteiger partial charge < -0.3 is 9.64 Å². The smallest absolute Gasteiger partial charge is 0.244 e. The van der Waals surface area contributed by atoms with Gasteiger partial charge in [0, 0.05) is 43.5 Å². The van der Waals surface area contributed by atoms with E-state index < -0.39 is 15.4 Å². The van der Waals surface area contributed by atoms with Crippen molar-refractivity contribution in [2.75, 3.05) is 26.7 Å². The summed E-state index contributed by atoms with van der Waals surface area (Å²) in [5.41, 5.74) is 0.410. The second-order valence-corrected chi connectivity index (χ2v) is 12.4. The minimum atomic E-state index is -3.85. The zero-order chi connectivity index (χ0) is 27.3. The Morgan fingerprint density at radius 2 is 1.68 bits per heavy atom. The number of benzene rings is 3. The molecule has 0 radical (unpaired) electrons. The van der Waals surface area contributed by atoms with Gasteiger partial charge in [-0.3, -0.25) is 4.79 Å². The molecular formula is C28H29Cl2FN2O4S. The molecule has 1 heterocycles. The molecule has 0 spiro atoms. The lowest BCUT2D eigenvalue weighted by Gasteiger charge is -2.41. The average Bonchev–Trinajstić information content (AvgIpc) is 2.89. The van der Waals surface area contributed by atoms with Crippen LogP contribution in [0, 0.1) is 11.2 Å². The monoisotopic (exact) mass is 578 g/mol. The highest BCUT2D eigenvalue weighted by Gasteiger charge is 2.41. The van der Waals surface area contributed by atoms with Crippen LogP contribution >= 0.6 is 23.2 Å². The Balaban J connectivity index is 1.50. The second-order valence-electron chi connectivity index (χ2n) is 9.63. The summed E-state index contributed by atoms with van der Waals surface area (Å²) in [4.78, 5) is 15.0. The maximum atomic E-state index is 13.4. The maximum absolute atomic E-state index is 13.4. The lowest BCUT2D eigenvalue weighted by molar-refractivity contribution is -0.134. The van der Waals surface area contributed by atoms with Crippen LogP contribution in [-0.2, 0) is 21.4 Å². The number of nitrogens with zero attached hydrogens (tertiary/aromatic N) is 2. The molecule has 1 saturated heterocycles. The van der Waals surface area contributed by atoms with Crippen molar-refractivity contribution in [1.82, 2.24) is 9.21 Å². The highest BCUT2D eigenvalue weighted by molar-refractivity contribution is 7.89. The largest absolute Gasteiger partial charge is 0.493 e. The lowest BCUT2D eigenvalue weighted by atomic mass is 9.76. The molecule has 0 saturated carbocycles. The number of carbonyl (C=O) groups excluding carboxylic acids is 1. The van der Waals surface area contributed by atoms with Crippen molar-refractivity contribution in [3.8, 4) is 5.75 Å². The van der Waals surface area contributed by atoms with Gasteiger partial charge in [0.25, 0.3) is 0 Å². The standard InChI is InChI=1S/C28H29Cl2FN2O4S/c1-32(19-21-5-3-2-4-6-21)27(34)18-28(20-37-24-10-8-23(31)9-11-24)13-15-33(16-14-28)38(35,36)26-12-7-22(29)17-25(26)30/h2-12,17H,13-16,18-20H2,1H3. The third kappa shape index (κ3) is 6.86. The van der Waals surface area contributed by atoms with Gasteiger partial charge in [-0.05, 0) is 60.9 Å². The van der Waals surface area contributed by atoms with Crippen LogP contribution in [0.3, 0.4) is 0 Å². The number of hydrogen-bond acceptors (Lipinski definition) is 4. The number of carbonyl (C=O) groups is 1. The third-order valence-corrected chi connectivity index (χ3v) is 9.48. The normalized spacial score (nSPS) is 15.7. The Bertz CT molecular complexity index is 1360. The number of hydrogen-bond donors (Lipinski definition) is 0. The molecule has 0 atom stereocenters. The number of sulfonamides is 1. The van der Waals surface area contributed by atoms with Crippen LogP contribution in [0.4, 0.5) is 4.39 Å². The number of halogens is 3. The molecule has 1 aliphatic rings. The Kier molecular flexibility index (Phi) is 8.98. The molecule has 0 aromatic heterocycles. The van der Waals surface area contributed by atoms with E-state index in [2.05, 4.69) is 0 Å². The average molecular weight is 580 g/mol. The summed E-state index contributed by atoms with van der Waals surface area (Å²) < 4.78 is 47.4. The Hall–Kier alpha value is -2.65. The predicted octanol–water partition coefficient (Wildman–Crippen LogP) is 6.03. The first-order valence-corrected chi connectivity index (χ1v) is 14.4. The van der Waals surface area contributed by atoms with Crippen molar-refractivity contribution >= 4 is 39.1 Å². The zero-order valence-electron chi connectivity index (χ0n) is 20.9. The van der Waals surface area contributed by atoms with Gasteiger partial charge >= 0.3 is 0 Å². The lowest BCUT2D eigenvalue weighted by Crippen LogP contribution is -2.47. The molecule has 0 aliphatic carbocycles. The number of piperidine rings is 1. The molecule has 0 N–H and O–H groups in total. The first-order valence-electron chi connectivity index (χ1n) is 12.2. The van der Waals surface area contributed by atoms with Gasteiger partial charge in [0.2, 0.25) is 15.9 Å². The number of ether oxygens (including phenoxy) is 1. The number of rotatable bonds is 9. The van der Waals surface area contributed by atoms with E-state index in [0.29, 0.717) is 30.2 Å². The minimum absolute atomic E-state index is 0.00250. The van der Waals surface area contributed by atoms with E-state index in [4.69, 9.17) is 27.9 Å². The van der Waals surface area contributed by atoms with Crippen LogP contribution in [0.15, 0.2) is 77.7 Å². The summed E-state index contributed by atoms with van der Waals surface area (Å²) in [5.74, 6) is 0.0524. The van der Waals surface area contributed by atoms with Crippen molar-refractivity contribution in [3.05, 3.63) is 94.2 Å². The Labute approximate surface area is 233 Å². The van der Waals surface area contributed by atoms with Crippen molar-refractivity contribution in [2.24, 2.45) is 5.41 Å². The summed E-state index contributed by atoms with van der Waals surface area (Å²) >= 11 is 12.1. The SMILES string of the molecule is CN(Cc1ccccc1)C(=O)CC1(COc2ccc(F)cc2)CCN(S(=O)(=O)c2ccc(Cl)cc2Cl)CC1. The molecule has 1 fully saturated rings. The number of amides is 1. The van der Waals surface area contributed by atoms with Crippen LogP contribution in [0.25, 0.3) is 0 Å². The fourth-order valence-electron chi connectivity index (χ4n) is 4.57. The topological polar surface area (TPSA) is 66.9 Å². The molecule has 0 unspecified atom stereocenters. The first kappa shape index (κ1) is 28.4. The minimum Gasteiger partial charge on any atom is -0.493 e. The first-order chi connectivity index (χ1) is 18.1. The summed E-state index contributed by atoms with van der Waals surface area (Å²) in [5, 5.41) is 0.411. The van der Waals surface area contributed by atoms with Crippen LogP contribution in [0.1, 0.15) is 24.8 Å². The Morgan fingerprint density at radius 3 is 2.32 bits per heavy atom. The van der Waals surface area contributed by atoms with Gasteiger partial charge in [0.1, 0.15) is 16.5 Å². The molecule has 3 aromatic carbocycles. The fraction of sp³-hybridized carbons (Fsp3) is 0.321. The molecule has 38 heavy (non-hydrogen) atoms. The maximum Gasteiger partial charge on any atom is 0.244 e. The van der Waals surface area contributed by atoms with Crippen molar-refractivity contribution in [1.29, 1.82) is 0 Å². The van der Waals surface area contributed by atoms with Gasteiger partial charge in [0.05, 0.1) is 11.6 Å². The van der Waals surface area contributed by atoms with Crippen LogP contribution in [0.2, 0.25) is 10.0 Å². The predicted molar refractivity (Wildman–Crippen MR) is 146 cm³/mol.